The first-order valence-electron chi connectivity index (χ1n) is 6.10. The number of benzene rings is 2. The van der Waals surface area contributed by atoms with E-state index in [1.807, 2.05) is 12.1 Å². The molecule has 0 aliphatic heterocycles. The number of ether oxygens (including phenoxy) is 1. The SMILES string of the molecule is CC(C)(C)c1ccc(Oc2ccc(Cl)cc2Cl)cc1. The van der Waals surface area contributed by atoms with E-state index in [0.29, 0.717) is 15.8 Å². The van der Waals surface area contributed by atoms with Crippen molar-refractivity contribution >= 4 is 23.2 Å². The lowest BCUT2D eigenvalue weighted by molar-refractivity contribution is 0.481. The van der Waals surface area contributed by atoms with Crippen LogP contribution in [0.3, 0.4) is 0 Å². The van der Waals surface area contributed by atoms with Crippen LogP contribution in [0, 0.1) is 0 Å². The summed E-state index contributed by atoms with van der Waals surface area (Å²) in [5, 5.41) is 1.10. The summed E-state index contributed by atoms with van der Waals surface area (Å²) in [4.78, 5) is 0. The molecule has 0 spiro atoms. The Bertz CT molecular complexity index is 568. The molecule has 0 aliphatic rings. The molecule has 0 aliphatic carbocycles. The van der Waals surface area contributed by atoms with Crippen LogP contribution < -0.4 is 4.74 Å². The van der Waals surface area contributed by atoms with Crippen molar-refractivity contribution in [2.45, 2.75) is 26.2 Å². The number of hydrogen-bond donors (Lipinski definition) is 0. The van der Waals surface area contributed by atoms with Crippen LogP contribution in [0.15, 0.2) is 42.5 Å². The van der Waals surface area contributed by atoms with Gasteiger partial charge in [0.2, 0.25) is 0 Å². The molecule has 0 amide bonds. The molecule has 0 atom stereocenters. The maximum absolute atomic E-state index is 6.07. The molecule has 2 rings (SSSR count). The molecule has 0 saturated carbocycles. The average molecular weight is 295 g/mol. The minimum Gasteiger partial charge on any atom is -0.456 e. The number of hydrogen-bond acceptors (Lipinski definition) is 1. The van der Waals surface area contributed by atoms with Gasteiger partial charge < -0.3 is 4.74 Å². The largest absolute Gasteiger partial charge is 0.456 e. The Balaban J connectivity index is 2.20. The molecule has 0 N–H and O–H groups in total. The van der Waals surface area contributed by atoms with Crippen molar-refractivity contribution in [3.05, 3.63) is 58.1 Å². The normalized spacial score (nSPS) is 11.4. The third-order valence-electron chi connectivity index (χ3n) is 2.84. The highest BCUT2D eigenvalue weighted by molar-refractivity contribution is 6.35. The van der Waals surface area contributed by atoms with Gasteiger partial charge in [-0.1, -0.05) is 56.1 Å². The van der Waals surface area contributed by atoms with E-state index >= 15 is 0 Å². The van der Waals surface area contributed by atoms with Gasteiger partial charge >= 0.3 is 0 Å². The van der Waals surface area contributed by atoms with Crippen LogP contribution >= 0.6 is 23.2 Å². The van der Waals surface area contributed by atoms with Crippen molar-refractivity contribution in [2.24, 2.45) is 0 Å². The molecule has 3 heteroatoms. The fourth-order valence-corrected chi connectivity index (χ4v) is 2.15. The van der Waals surface area contributed by atoms with Gasteiger partial charge in [0.1, 0.15) is 11.5 Å². The van der Waals surface area contributed by atoms with Crippen molar-refractivity contribution < 1.29 is 4.74 Å². The predicted octanol–water partition coefficient (Wildman–Crippen LogP) is 6.08. The molecule has 0 bridgehead atoms. The Labute approximate surface area is 124 Å². The fourth-order valence-electron chi connectivity index (χ4n) is 1.71. The van der Waals surface area contributed by atoms with E-state index in [2.05, 4.69) is 32.9 Å². The first kappa shape index (κ1) is 14.2. The second-order valence-corrected chi connectivity index (χ2v) is 6.29. The standard InChI is InChI=1S/C16H16Cl2O/c1-16(2,3)11-4-7-13(8-5-11)19-15-9-6-12(17)10-14(15)18/h4-10H,1-3H3. The van der Waals surface area contributed by atoms with E-state index in [4.69, 9.17) is 27.9 Å². The Hall–Kier alpha value is -1.18. The molecular weight excluding hydrogens is 279 g/mol. The van der Waals surface area contributed by atoms with Crippen molar-refractivity contribution in [2.75, 3.05) is 0 Å². The van der Waals surface area contributed by atoms with Gasteiger partial charge in [-0.25, -0.2) is 0 Å². The summed E-state index contributed by atoms with van der Waals surface area (Å²) in [5.41, 5.74) is 1.40. The lowest BCUT2D eigenvalue weighted by atomic mass is 9.87. The van der Waals surface area contributed by atoms with Crippen LogP contribution in [0.1, 0.15) is 26.3 Å². The zero-order chi connectivity index (χ0) is 14.0. The third kappa shape index (κ3) is 3.65. The van der Waals surface area contributed by atoms with Crippen LogP contribution in [0.2, 0.25) is 10.0 Å². The second-order valence-electron chi connectivity index (χ2n) is 5.45. The average Bonchev–Trinajstić information content (AvgIpc) is 2.32. The maximum atomic E-state index is 6.07. The Kier molecular flexibility index (Phi) is 4.07. The summed E-state index contributed by atoms with van der Waals surface area (Å²) in [6.07, 6.45) is 0. The first-order valence-corrected chi connectivity index (χ1v) is 6.85. The van der Waals surface area contributed by atoms with Gasteiger partial charge in [-0.2, -0.15) is 0 Å². The monoisotopic (exact) mass is 294 g/mol. The van der Waals surface area contributed by atoms with E-state index in [9.17, 15) is 0 Å². The Morgan fingerprint density at radius 3 is 2.05 bits per heavy atom. The van der Waals surface area contributed by atoms with Crippen LogP contribution in [0.25, 0.3) is 0 Å². The predicted molar refractivity (Wildman–Crippen MR) is 81.7 cm³/mol. The van der Waals surface area contributed by atoms with Crippen LogP contribution in [-0.2, 0) is 5.41 Å². The molecule has 0 heterocycles. The molecule has 2 aromatic carbocycles. The minimum absolute atomic E-state index is 0.135. The lowest BCUT2D eigenvalue weighted by Crippen LogP contribution is -2.10. The zero-order valence-electron chi connectivity index (χ0n) is 11.2. The lowest BCUT2D eigenvalue weighted by Gasteiger charge is -2.19. The molecule has 0 unspecified atom stereocenters. The van der Waals surface area contributed by atoms with E-state index in [1.165, 1.54) is 5.56 Å². The van der Waals surface area contributed by atoms with Crippen LogP contribution in [0.4, 0.5) is 0 Å². The molecule has 1 nitrogen and oxygen atoms in total. The topological polar surface area (TPSA) is 9.23 Å². The van der Waals surface area contributed by atoms with Crippen molar-refractivity contribution in [3.63, 3.8) is 0 Å². The summed E-state index contributed by atoms with van der Waals surface area (Å²) < 4.78 is 5.74. The molecule has 0 saturated heterocycles. The van der Waals surface area contributed by atoms with E-state index in [1.54, 1.807) is 18.2 Å². The van der Waals surface area contributed by atoms with Crippen molar-refractivity contribution in [1.29, 1.82) is 0 Å². The van der Waals surface area contributed by atoms with Gasteiger partial charge in [-0.3, -0.25) is 0 Å². The van der Waals surface area contributed by atoms with Crippen LogP contribution in [0.5, 0.6) is 11.5 Å². The van der Waals surface area contributed by atoms with Crippen molar-refractivity contribution in [3.8, 4) is 11.5 Å². The highest BCUT2D eigenvalue weighted by Crippen LogP contribution is 2.32. The highest BCUT2D eigenvalue weighted by atomic mass is 35.5. The first-order chi connectivity index (χ1) is 8.86. The molecule has 19 heavy (non-hydrogen) atoms. The Morgan fingerprint density at radius 1 is 0.895 bits per heavy atom. The van der Waals surface area contributed by atoms with Gasteiger partial charge in [0.05, 0.1) is 5.02 Å². The van der Waals surface area contributed by atoms with Crippen LogP contribution in [-0.4, -0.2) is 0 Å². The molecule has 2 aromatic rings. The number of halogens is 2. The van der Waals surface area contributed by atoms with Crippen molar-refractivity contribution in [1.82, 2.24) is 0 Å². The summed E-state index contributed by atoms with van der Waals surface area (Å²) in [6.45, 7) is 6.54. The highest BCUT2D eigenvalue weighted by Gasteiger charge is 2.13. The summed E-state index contributed by atoms with van der Waals surface area (Å²) >= 11 is 11.9. The molecule has 0 fully saturated rings. The van der Waals surface area contributed by atoms with E-state index in [-0.39, 0.29) is 5.41 Å². The summed E-state index contributed by atoms with van der Waals surface area (Å²) in [5.74, 6) is 1.37. The van der Waals surface area contributed by atoms with Gasteiger partial charge in [-0.05, 0) is 41.3 Å². The third-order valence-corrected chi connectivity index (χ3v) is 3.37. The smallest absolute Gasteiger partial charge is 0.146 e. The molecule has 100 valence electrons. The molecule has 0 aromatic heterocycles. The molecular formula is C16H16Cl2O. The van der Waals surface area contributed by atoms with Gasteiger partial charge in [0.15, 0.2) is 0 Å². The second kappa shape index (κ2) is 5.44. The molecule has 0 radical (unpaired) electrons. The maximum Gasteiger partial charge on any atom is 0.146 e. The fraction of sp³-hybridized carbons (Fsp3) is 0.250. The van der Waals surface area contributed by atoms with Gasteiger partial charge in [-0.15, -0.1) is 0 Å². The quantitative estimate of drug-likeness (QED) is 0.652. The minimum atomic E-state index is 0.135. The van der Waals surface area contributed by atoms with E-state index < -0.39 is 0 Å². The Morgan fingerprint density at radius 2 is 1.53 bits per heavy atom. The van der Waals surface area contributed by atoms with Gasteiger partial charge in [0, 0.05) is 5.02 Å². The number of rotatable bonds is 2. The summed E-state index contributed by atoms with van der Waals surface area (Å²) in [7, 11) is 0. The summed E-state index contributed by atoms with van der Waals surface area (Å²) in [6, 6.07) is 13.2. The van der Waals surface area contributed by atoms with Gasteiger partial charge in [0.25, 0.3) is 0 Å². The zero-order valence-corrected chi connectivity index (χ0v) is 12.7. The van der Waals surface area contributed by atoms with E-state index in [0.717, 1.165) is 5.75 Å².